The van der Waals surface area contributed by atoms with Gasteiger partial charge in [-0.15, -0.1) is 0 Å². The molecule has 3 fully saturated rings. The van der Waals surface area contributed by atoms with E-state index in [0.29, 0.717) is 18.9 Å². The van der Waals surface area contributed by atoms with Crippen molar-refractivity contribution in [2.24, 2.45) is 11.8 Å². The quantitative estimate of drug-likeness (QED) is 0.0772. The number of H-pyrrole nitrogens is 2. The van der Waals surface area contributed by atoms with Crippen molar-refractivity contribution in [3.63, 3.8) is 0 Å². The molecular formula is C49H59N9O6. The topological polar surface area (TPSA) is 189 Å². The summed E-state index contributed by atoms with van der Waals surface area (Å²) in [5.41, 5.74) is 7.34. The summed E-state index contributed by atoms with van der Waals surface area (Å²) in [6, 6.07) is 26.2. The minimum atomic E-state index is -1.21. The highest BCUT2D eigenvalue weighted by molar-refractivity contribution is 5.87. The molecule has 0 spiro atoms. The number of carboxylic acid groups (broad SMARTS) is 1. The van der Waals surface area contributed by atoms with Gasteiger partial charge in [0.15, 0.2) is 0 Å². The molecule has 3 aliphatic heterocycles. The number of likely N-dealkylation sites (tertiary alicyclic amines) is 2. The highest BCUT2D eigenvalue weighted by Crippen LogP contribution is 2.47. The molecule has 5 heterocycles. The van der Waals surface area contributed by atoms with Crippen LogP contribution < -0.4 is 15.5 Å². The normalized spacial score (nSPS) is 20.8. The maximum atomic E-state index is 13.7. The Morgan fingerprint density at radius 1 is 0.641 bits per heavy atom. The maximum Gasteiger partial charge on any atom is 0.407 e. The molecule has 3 saturated heterocycles. The molecule has 6 atom stereocenters. The summed E-state index contributed by atoms with van der Waals surface area (Å²) in [5, 5.41) is 14.5. The lowest BCUT2D eigenvalue weighted by Crippen LogP contribution is -2.51. The third-order valence-electron chi connectivity index (χ3n) is 13.1. The first-order valence-corrected chi connectivity index (χ1v) is 22.5. The number of alkyl carbamates (subject to hydrolysis) is 1. The number of rotatable bonds is 13. The number of anilines is 1. The second-order valence-corrected chi connectivity index (χ2v) is 17.9. The number of nitrogens with zero attached hydrogens (tertiary/aromatic N) is 5. The fraction of sp³-hybridized carbons (Fsp3) is 0.429. The van der Waals surface area contributed by atoms with Crippen molar-refractivity contribution in [1.82, 2.24) is 40.4 Å². The molecule has 0 aliphatic carbocycles. The Morgan fingerprint density at radius 3 is 1.52 bits per heavy atom. The van der Waals surface area contributed by atoms with Crippen molar-refractivity contribution in [3.8, 4) is 22.5 Å². The van der Waals surface area contributed by atoms with Crippen molar-refractivity contribution in [1.29, 1.82) is 0 Å². The van der Waals surface area contributed by atoms with Crippen LogP contribution in [0.1, 0.15) is 113 Å². The van der Waals surface area contributed by atoms with Gasteiger partial charge < -0.3 is 45.1 Å². The second kappa shape index (κ2) is 19.0. The van der Waals surface area contributed by atoms with Crippen molar-refractivity contribution in [2.75, 3.05) is 25.1 Å². The van der Waals surface area contributed by atoms with Gasteiger partial charge in [-0.2, -0.15) is 0 Å². The summed E-state index contributed by atoms with van der Waals surface area (Å²) < 4.78 is 4.79. The number of hydrogen-bond donors (Lipinski definition) is 5. The summed E-state index contributed by atoms with van der Waals surface area (Å²) in [5.74, 6) is 0.778. The number of nitrogens with one attached hydrogen (secondary N) is 4. The fourth-order valence-electron chi connectivity index (χ4n) is 9.83. The monoisotopic (exact) mass is 869 g/mol. The van der Waals surface area contributed by atoms with Gasteiger partial charge in [-0.3, -0.25) is 9.59 Å². The lowest BCUT2D eigenvalue weighted by atomic mass is 10.0. The van der Waals surface area contributed by atoms with Crippen LogP contribution >= 0.6 is 0 Å². The number of para-hydroxylation sites is 1. The molecule has 4 amide bonds. The summed E-state index contributed by atoms with van der Waals surface area (Å²) >= 11 is 0. The lowest BCUT2D eigenvalue weighted by Gasteiger charge is -2.33. The molecule has 3 aliphatic rings. The molecule has 5 aromatic rings. The van der Waals surface area contributed by atoms with E-state index in [1.165, 1.54) is 18.2 Å². The number of aromatic amines is 2. The van der Waals surface area contributed by atoms with E-state index in [0.717, 1.165) is 72.6 Å². The fourth-order valence-corrected chi connectivity index (χ4v) is 9.83. The van der Waals surface area contributed by atoms with Gasteiger partial charge in [0.2, 0.25) is 11.8 Å². The van der Waals surface area contributed by atoms with Crippen LogP contribution in [0.15, 0.2) is 91.3 Å². The summed E-state index contributed by atoms with van der Waals surface area (Å²) in [4.78, 5) is 73.3. The van der Waals surface area contributed by atoms with E-state index in [1.807, 2.05) is 51.1 Å². The third-order valence-corrected chi connectivity index (χ3v) is 13.1. The van der Waals surface area contributed by atoms with Crippen molar-refractivity contribution >= 4 is 29.7 Å². The summed E-state index contributed by atoms with van der Waals surface area (Å²) in [7, 11) is 1.30. The Morgan fingerprint density at radius 2 is 1.09 bits per heavy atom. The smallest absolute Gasteiger partial charge is 0.407 e. The highest BCUT2D eigenvalue weighted by atomic mass is 16.5. The largest absolute Gasteiger partial charge is 0.465 e. The van der Waals surface area contributed by atoms with E-state index < -0.39 is 24.3 Å². The van der Waals surface area contributed by atoms with Gasteiger partial charge in [0, 0.05) is 18.8 Å². The zero-order valence-corrected chi connectivity index (χ0v) is 37.2. The third kappa shape index (κ3) is 9.06. The van der Waals surface area contributed by atoms with E-state index in [2.05, 4.69) is 98.3 Å². The Balaban J connectivity index is 0.967. The molecular weight excluding hydrogens is 811 g/mol. The predicted octanol–water partition coefficient (Wildman–Crippen LogP) is 8.55. The molecule has 0 bridgehead atoms. The maximum absolute atomic E-state index is 13.7. The van der Waals surface area contributed by atoms with E-state index in [-0.39, 0.29) is 47.8 Å². The van der Waals surface area contributed by atoms with Crippen molar-refractivity contribution in [2.45, 2.75) is 102 Å². The van der Waals surface area contributed by atoms with Crippen LogP contribution in [0.3, 0.4) is 0 Å². The van der Waals surface area contributed by atoms with Crippen LogP contribution in [0.2, 0.25) is 0 Å². The lowest BCUT2D eigenvalue weighted by molar-refractivity contribution is -0.136. The molecule has 15 heteroatoms. The zero-order valence-electron chi connectivity index (χ0n) is 37.2. The highest BCUT2D eigenvalue weighted by Gasteiger charge is 2.40. The van der Waals surface area contributed by atoms with Gasteiger partial charge in [-0.05, 0) is 84.7 Å². The zero-order chi connectivity index (χ0) is 45.1. The number of aromatic nitrogens is 4. The summed E-state index contributed by atoms with van der Waals surface area (Å²) in [6.45, 7) is 8.65. The number of ether oxygens (including phenoxy) is 1. The van der Waals surface area contributed by atoms with Gasteiger partial charge in [0.05, 0.1) is 55.1 Å². The standard InChI is InChI=1S/C49H59N9O6/c1-29(2)42(54-48(61)62)46(59)56-25-9-13-40(56)44-50-27-36(52-44)31-15-19-33(20-16-31)38-23-24-39(58(38)35-11-7-6-8-12-35)34-21-17-32(18-22-34)37-28-51-45(53-37)41-14-10-26-57(41)47(60)43(30(3)4)55-49(63)64-5/h6-8,11-12,15-22,27-30,38-43,54H,9-10,13-14,23-26H2,1-5H3,(H,50,52)(H,51,53)(H,55,63)(H,61,62)/t38-,39+,40+,41+,42+,43+/m1/s1. The molecule has 0 unspecified atom stereocenters. The van der Waals surface area contributed by atoms with Gasteiger partial charge in [0.1, 0.15) is 23.7 Å². The number of carbonyl (C=O) groups excluding carboxylic acids is 3. The average Bonchev–Trinajstić information content (AvgIpc) is 4.16. The van der Waals surface area contributed by atoms with Crippen LogP contribution in [0.4, 0.5) is 15.3 Å². The summed E-state index contributed by atoms with van der Waals surface area (Å²) in [6.07, 6.45) is 6.97. The van der Waals surface area contributed by atoms with Crippen molar-refractivity contribution < 1.29 is 29.0 Å². The molecule has 8 rings (SSSR count). The Labute approximate surface area is 374 Å². The van der Waals surface area contributed by atoms with Gasteiger partial charge in [-0.1, -0.05) is 94.4 Å². The number of amides is 4. The first-order chi connectivity index (χ1) is 30.9. The Kier molecular flexibility index (Phi) is 13.1. The number of benzene rings is 3. The van der Waals surface area contributed by atoms with E-state index in [9.17, 15) is 24.3 Å². The van der Waals surface area contributed by atoms with Crippen LogP contribution in [0.5, 0.6) is 0 Å². The number of carbonyl (C=O) groups is 4. The molecule has 2 aromatic heterocycles. The van der Waals surface area contributed by atoms with Crippen LogP contribution in [0.25, 0.3) is 22.5 Å². The number of imidazole rings is 2. The second-order valence-electron chi connectivity index (χ2n) is 17.9. The molecule has 0 saturated carbocycles. The molecule has 0 radical (unpaired) electrons. The minimum Gasteiger partial charge on any atom is -0.465 e. The van der Waals surface area contributed by atoms with Gasteiger partial charge >= 0.3 is 12.2 Å². The molecule has 3 aromatic carbocycles. The van der Waals surface area contributed by atoms with E-state index >= 15 is 0 Å². The van der Waals surface area contributed by atoms with Crippen LogP contribution in [-0.4, -0.2) is 91.1 Å². The molecule has 336 valence electrons. The average molecular weight is 870 g/mol. The number of methoxy groups -OCH3 is 1. The van der Waals surface area contributed by atoms with E-state index in [4.69, 9.17) is 14.7 Å². The Bertz CT molecular complexity index is 2410. The molecule has 64 heavy (non-hydrogen) atoms. The predicted molar refractivity (Wildman–Crippen MR) is 243 cm³/mol. The van der Waals surface area contributed by atoms with E-state index in [1.54, 1.807) is 4.90 Å². The Hall–Kier alpha value is -6.64. The SMILES string of the molecule is COC(=O)N[C@H](C(=O)N1CCC[C@H]1c1ncc(-c2ccc([C@@H]3CC[C@H](c4ccc(-c5cnc([C@@H]6CCCN6C(=O)[C@@H](NC(=O)O)C(C)C)[nH]5)cc4)N3c3ccccc3)cc2)[nH]1)C(C)C. The van der Waals surface area contributed by atoms with Crippen LogP contribution in [-0.2, 0) is 14.3 Å². The first-order valence-electron chi connectivity index (χ1n) is 22.5. The molecule has 5 N–H and O–H groups in total. The number of hydrogen-bond acceptors (Lipinski definition) is 8. The van der Waals surface area contributed by atoms with Crippen molar-refractivity contribution in [3.05, 3.63) is 114 Å². The molecule has 15 nitrogen and oxygen atoms in total. The minimum absolute atomic E-state index is 0.110. The van der Waals surface area contributed by atoms with Gasteiger partial charge in [-0.25, -0.2) is 19.6 Å². The van der Waals surface area contributed by atoms with Crippen LogP contribution in [0, 0.1) is 11.8 Å². The first kappa shape index (κ1) is 44.0. The van der Waals surface area contributed by atoms with Gasteiger partial charge in [0.25, 0.3) is 0 Å².